The zero-order valence-electron chi connectivity index (χ0n) is 6.95. The highest BCUT2D eigenvalue weighted by Gasteiger charge is 2.11. The molecule has 0 unspecified atom stereocenters. The Morgan fingerprint density at radius 3 is 2.57 bits per heavy atom. The fraction of sp³-hybridized carbons (Fsp3) is 0. The van der Waals surface area contributed by atoms with Gasteiger partial charge in [0.25, 0.3) is 10.1 Å². The van der Waals surface area contributed by atoms with Crippen molar-refractivity contribution in [1.82, 2.24) is 0 Å². The van der Waals surface area contributed by atoms with E-state index in [2.05, 4.69) is 5.10 Å². The Bertz CT molecular complexity index is 467. The van der Waals surface area contributed by atoms with E-state index >= 15 is 0 Å². The second kappa shape index (κ2) is 3.64. The van der Waals surface area contributed by atoms with Crippen LogP contribution in [0.2, 0.25) is 0 Å². The van der Waals surface area contributed by atoms with Gasteiger partial charge < -0.3 is 10.9 Å². The van der Waals surface area contributed by atoms with E-state index in [0.717, 1.165) is 24.4 Å². The van der Waals surface area contributed by atoms with Crippen LogP contribution in [0.4, 0.5) is 0 Å². The molecule has 0 saturated heterocycles. The molecule has 0 bridgehead atoms. The van der Waals surface area contributed by atoms with Gasteiger partial charge in [-0.05, 0) is 18.2 Å². The highest BCUT2D eigenvalue weighted by Crippen LogP contribution is 2.19. The third-order valence-electron chi connectivity index (χ3n) is 1.51. The largest absolute Gasteiger partial charge is 0.507 e. The van der Waals surface area contributed by atoms with Gasteiger partial charge >= 0.3 is 0 Å². The normalized spacial score (nSPS) is 12.1. The lowest BCUT2D eigenvalue weighted by Crippen LogP contribution is -1.99. The smallest absolute Gasteiger partial charge is 0.294 e. The third-order valence-corrected chi connectivity index (χ3v) is 2.36. The van der Waals surface area contributed by atoms with E-state index in [1.807, 2.05) is 0 Å². The molecule has 0 saturated carbocycles. The van der Waals surface area contributed by atoms with Crippen LogP contribution in [0.5, 0.6) is 5.75 Å². The number of phenolic OH excluding ortho intramolecular Hbond substituents is 1. The van der Waals surface area contributed by atoms with Crippen LogP contribution in [0.3, 0.4) is 0 Å². The summed E-state index contributed by atoms with van der Waals surface area (Å²) in [5.41, 5.74) is 0.114. The summed E-state index contributed by atoms with van der Waals surface area (Å²) < 4.78 is 30.1. The first kappa shape index (κ1) is 10.5. The third kappa shape index (κ3) is 2.21. The lowest BCUT2D eigenvalue weighted by atomic mass is 10.2. The fourth-order valence-electron chi connectivity index (χ4n) is 0.877. The van der Waals surface area contributed by atoms with E-state index in [4.69, 9.17) is 10.4 Å². The van der Waals surface area contributed by atoms with E-state index in [1.54, 1.807) is 0 Å². The summed E-state index contributed by atoms with van der Waals surface area (Å²) in [6.07, 6.45) is 1.07. The summed E-state index contributed by atoms with van der Waals surface area (Å²) in [4.78, 5) is -0.329. The first-order valence-corrected chi connectivity index (χ1v) is 4.93. The summed E-state index contributed by atoms with van der Waals surface area (Å²) in [6, 6.07) is 3.25. The molecule has 1 rings (SSSR count). The molecule has 0 spiro atoms. The van der Waals surface area contributed by atoms with Gasteiger partial charge in [0.15, 0.2) is 0 Å². The maximum Gasteiger partial charge on any atom is 0.294 e. The molecule has 1 aromatic rings. The lowest BCUT2D eigenvalue weighted by Gasteiger charge is -2.00. The van der Waals surface area contributed by atoms with Crippen LogP contribution < -0.4 is 5.84 Å². The minimum Gasteiger partial charge on any atom is -0.507 e. The number of rotatable bonds is 2. The van der Waals surface area contributed by atoms with Gasteiger partial charge in [0, 0.05) is 5.56 Å². The van der Waals surface area contributed by atoms with Crippen LogP contribution in [0.1, 0.15) is 5.56 Å². The van der Waals surface area contributed by atoms with Crippen molar-refractivity contribution in [3.05, 3.63) is 23.8 Å². The topological polar surface area (TPSA) is 113 Å². The first-order valence-electron chi connectivity index (χ1n) is 3.49. The quantitative estimate of drug-likeness (QED) is 0.277. The molecule has 7 heteroatoms. The SMILES string of the molecule is NN=Cc1cc(S(=O)(=O)O)ccc1O. The second-order valence-electron chi connectivity index (χ2n) is 2.47. The van der Waals surface area contributed by atoms with Gasteiger partial charge in [0.1, 0.15) is 5.75 Å². The van der Waals surface area contributed by atoms with E-state index in [-0.39, 0.29) is 16.2 Å². The highest BCUT2D eigenvalue weighted by atomic mass is 32.2. The van der Waals surface area contributed by atoms with E-state index in [0.29, 0.717) is 0 Å². The van der Waals surface area contributed by atoms with Gasteiger partial charge in [0.2, 0.25) is 0 Å². The molecule has 0 amide bonds. The number of aromatic hydroxyl groups is 1. The van der Waals surface area contributed by atoms with Crippen LogP contribution in [-0.4, -0.2) is 24.3 Å². The van der Waals surface area contributed by atoms with Gasteiger partial charge in [-0.15, -0.1) is 0 Å². The summed E-state index contributed by atoms with van der Waals surface area (Å²) in [5, 5.41) is 12.3. The molecule has 14 heavy (non-hydrogen) atoms. The lowest BCUT2D eigenvalue weighted by molar-refractivity contribution is 0.472. The molecule has 0 atom stereocenters. The number of hydrogen-bond donors (Lipinski definition) is 3. The minimum absolute atomic E-state index is 0.114. The molecule has 0 aliphatic carbocycles. The summed E-state index contributed by atoms with van der Waals surface area (Å²) in [6.45, 7) is 0. The Balaban J connectivity index is 3.34. The molecule has 1 aromatic carbocycles. The number of phenols is 1. The zero-order valence-corrected chi connectivity index (χ0v) is 7.77. The van der Waals surface area contributed by atoms with Gasteiger partial charge in [0.05, 0.1) is 11.1 Å². The van der Waals surface area contributed by atoms with Gasteiger partial charge in [-0.3, -0.25) is 4.55 Å². The van der Waals surface area contributed by atoms with Crippen LogP contribution in [0.25, 0.3) is 0 Å². The Morgan fingerprint density at radius 1 is 1.43 bits per heavy atom. The first-order chi connectivity index (χ1) is 6.45. The molecule has 0 fully saturated rings. The van der Waals surface area contributed by atoms with Gasteiger partial charge in [-0.1, -0.05) is 0 Å². The molecule has 0 aliphatic heterocycles. The number of nitrogens with zero attached hydrogens (tertiary/aromatic N) is 1. The number of benzene rings is 1. The van der Waals surface area contributed by atoms with Crippen LogP contribution in [0.15, 0.2) is 28.2 Å². The number of hydrogen-bond acceptors (Lipinski definition) is 5. The number of hydrazone groups is 1. The average molecular weight is 216 g/mol. The van der Waals surface area contributed by atoms with Crippen molar-refractivity contribution in [3.8, 4) is 5.75 Å². The van der Waals surface area contributed by atoms with Gasteiger partial charge in [-0.2, -0.15) is 13.5 Å². The van der Waals surface area contributed by atoms with Crippen molar-refractivity contribution in [2.24, 2.45) is 10.9 Å². The average Bonchev–Trinajstić information content (AvgIpc) is 2.07. The highest BCUT2D eigenvalue weighted by molar-refractivity contribution is 7.85. The molecular weight excluding hydrogens is 208 g/mol. The maximum atomic E-state index is 10.7. The predicted octanol–water partition coefficient (Wildman–Crippen LogP) is -0.0685. The molecular formula is C7H8N2O4S. The molecule has 76 valence electrons. The molecule has 6 nitrogen and oxygen atoms in total. The predicted molar refractivity (Wildman–Crippen MR) is 49.7 cm³/mol. The minimum atomic E-state index is -4.27. The van der Waals surface area contributed by atoms with Crippen molar-refractivity contribution >= 4 is 16.3 Å². The Labute approximate surface area is 80.4 Å². The van der Waals surface area contributed by atoms with Gasteiger partial charge in [-0.25, -0.2) is 0 Å². The summed E-state index contributed by atoms with van der Waals surface area (Å²) in [5.74, 6) is 4.66. The van der Waals surface area contributed by atoms with E-state index in [1.165, 1.54) is 0 Å². The molecule has 0 radical (unpaired) electrons. The molecule has 0 heterocycles. The van der Waals surface area contributed by atoms with Crippen molar-refractivity contribution < 1.29 is 18.1 Å². The number of nitrogens with two attached hydrogens (primary N) is 1. The Morgan fingerprint density at radius 2 is 2.07 bits per heavy atom. The fourth-order valence-corrected chi connectivity index (χ4v) is 1.39. The molecule has 4 N–H and O–H groups in total. The summed E-state index contributed by atoms with van der Waals surface area (Å²) in [7, 11) is -4.27. The zero-order chi connectivity index (χ0) is 10.8. The van der Waals surface area contributed by atoms with Crippen molar-refractivity contribution in [2.45, 2.75) is 4.90 Å². The van der Waals surface area contributed by atoms with Crippen LogP contribution in [-0.2, 0) is 10.1 Å². The van der Waals surface area contributed by atoms with Crippen LogP contribution in [0, 0.1) is 0 Å². The Hall–Kier alpha value is -1.60. The molecule has 0 aromatic heterocycles. The second-order valence-corrected chi connectivity index (χ2v) is 3.90. The Kier molecular flexibility index (Phi) is 2.73. The van der Waals surface area contributed by atoms with E-state index < -0.39 is 10.1 Å². The standard InChI is InChI=1S/C7H8N2O4S/c8-9-4-5-3-6(14(11,12)13)1-2-7(5)10/h1-4,10H,8H2,(H,11,12,13). The van der Waals surface area contributed by atoms with Crippen LogP contribution >= 0.6 is 0 Å². The van der Waals surface area contributed by atoms with Crippen molar-refractivity contribution in [3.63, 3.8) is 0 Å². The van der Waals surface area contributed by atoms with Crippen molar-refractivity contribution in [2.75, 3.05) is 0 Å². The van der Waals surface area contributed by atoms with Crippen molar-refractivity contribution in [1.29, 1.82) is 0 Å². The maximum absolute atomic E-state index is 10.7. The summed E-state index contributed by atoms with van der Waals surface area (Å²) >= 11 is 0. The monoisotopic (exact) mass is 216 g/mol. The van der Waals surface area contributed by atoms with E-state index in [9.17, 15) is 13.5 Å². The molecule has 0 aliphatic rings.